The van der Waals surface area contributed by atoms with Crippen LogP contribution in [0, 0.1) is 0 Å². The average Bonchev–Trinajstić information content (AvgIpc) is 2.53. The molecule has 0 aliphatic heterocycles. The second kappa shape index (κ2) is 6.78. The molecule has 0 spiro atoms. The Bertz CT molecular complexity index is 948. The summed E-state index contributed by atoms with van der Waals surface area (Å²) < 4.78 is 0. The zero-order chi connectivity index (χ0) is 16.2. The van der Waals surface area contributed by atoms with E-state index in [1.807, 2.05) is 19.1 Å². The van der Waals surface area contributed by atoms with Gasteiger partial charge < -0.3 is 9.97 Å². The van der Waals surface area contributed by atoms with Gasteiger partial charge in [-0.15, -0.1) is 0 Å². The van der Waals surface area contributed by atoms with Crippen molar-refractivity contribution in [1.29, 1.82) is 0 Å². The molecule has 7 heteroatoms. The Morgan fingerprint density at radius 1 is 1.13 bits per heavy atom. The van der Waals surface area contributed by atoms with E-state index in [0.717, 1.165) is 18.5 Å². The van der Waals surface area contributed by atoms with Crippen LogP contribution in [0.15, 0.2) is 45.1 Å². The number of H-pyrrole nitrogens is 2. The Morgan fingerprint density at radius 3 is 2.78 bits per heavy atom. The molecule has 2 N–H and O–H groups in total. The number of rotatable bonds is 5. The molecule has 0 atom stereocenters. The minimum atomic E-state index is -0.161. The summed E-state index contributed by atoms with van der Waals surface area (Å²) >= 11 is 1.35. The molecule has 0 bridgehead atoms. The number of benzene rings is 1. The zero-order valence-corrected chi connectivity index (χ0v) is 13.4. The smallest absolute Gasteiger partial charge is 0.258 e. The Hall–Kier alpha value is -2.41. The Balaban J connectivity index is 1.83. The number of aromatic amines is 2. The summed E-state index contributed by atoms with van der Waals surface area (Å²) in [6.45, 7) is 2.04. The van der Waals surface area contributed by atoms with Gasteiger partial charge in [0.1, 0.15) is 5.82 Å². The number of aromatic nitrogens is 4. The molecule has 0 saturated carbocycles. The van der Waals surface area contributed by atoms with Crippen molar-refractivity contribution >= 4 is 22.7 Å². The first-order valence-electron chi connectivity index (χ1n) is 7.36. The second-order valence-corrected chi connectivity index (χ2v) is 6.07. The number of aryl methyl sites for hydroxylation is 1. The maximum atomic E-state index is 12.0. The van der Waals surface area contributed by atoms with Gasteiger partial charge in [-0.1, -0.05) is 37.2 Å². The van der Waals surface area contributed by atoms with E-state index < -0.39 is 0 Å². The molecule has 0 radical (unpaired) electrons. The van der Waals surface area contributed by atoms with Crippen molar-refractivity contribution < 1.29 is 0 Å². The molecule has 1 aromatic carbocycles. The Kier molecular flexibility index (Phi) is 4.57. The summed E-state index contributed by atoms with van der Waals surface area (Å²) in [7, 11) is 0. The van der Waals surface area contributed by atoms with Crippen LogP contribution < -0.4 is 11.1 Å². The molecule has 0 unspecified atom stereocenters. The Labute approximate surface area is 136 Å². The van der Waals surface area contributed by atoms with E-state index in [-0.39, 0.29) is 11.1 Å². The van der Waals surface area contributed by atoms with Gasteiger partial charge in [-0.05, 0) is 18.6 Å². The van der Waals surface area contributed by atoms with Crippen molar-refractivity contribution in [2.45, 2.75) is 30.7 Å². The highest BCUT2D eigenvalue weighted by atomic mass is 32.2. The zero-order valence-electron chi connectivity index (χ0n) is 12.6. The largest absolute Gasteiger partial charge is 0.309 e. The Morgan fingerprint density at radius 2 is 1.96 bits per heavy atom. The molecule has 23 heavy (non-hydrogen) atoms. The van der Waals surface area contributed by atoms with Gasteiger partial charge in [0.15, 0.2) is 5.16 Å². The number of nitrogens with zero attached hydrogens (tertiary/aromatic N) is 2. The van der Waals surface area contributed by atoms with E-state index >= 15 is 0 Å². The molecule has 0 saturated heterocycles. The highest BCUT2D eigenvalue weighted by Crippen LogP contribution is 2.17. The molecule has 0 aliphatic rings. The van der Waals surface area contributed by atoms with Crippen LogP contribution in [0.25, 0.3) is 10.9 Å². The van der Waals surface area contributed by atoms with Gasteiger partial charge in [-0.2, -0.15) is 0 Å². The first-order valence-corrected chi connectivity index (χ1v) is 8.35. The summed E-state index contributed by atoms with van der Waals surface area (Å²) in [5.74, 6) is 0.987. The molecule has 2 aromatic heterocycles. The summed E-state index contributed by atoms with van der Waals surface area (Å²) in [5.41, 5.74) is 1.12. The molecule has 118 valence electrons. The molecule has 0 fully saturated rings. The SMILES string of the molecule is CCCc1cc(=O)[nH]c(SCc2nc3ccccc3c(=O)[nH]2)n1. The number of thioether (sulfide) groups is 1. The van der Waals surface area contributed by atoms with E-state index in [1.54, 1.807) is 12.1 Å². The molecule has 0 aliphatic carbocycles. The fraction of sp³-hybridized carbons (Fsp3) is 0.250. The van der Waals surface area contributed by atoms with Gasteiger partial charge in [0.2, 0.25) is 0 Å². The molecule has 6 nitrogen and oxygen atoms in total. The van der Waals surface area contributed by atoms with E-state index in [1.165, 1.54) is 17.8 Å². The predicted molar refractivity (Wildman–Crippen MR) is 90.8 cm³/mol. The topological polar surface area (TPSA) is 91.5 Å². The lowest BCUT2D eigenvalue weighted by Crippen LogP contribution is -2.12. The van der Waals surface area contributed by atoms with Crippen LogP contribution in [0.2, 0.25) is 0 Å². The lowest BCUT2D eigenvalue weighted by atomic mass is 10.2. The van der Waals surface area contributed by atoms with E-state index in [0.29, 0.717) is 27.6 Å². The van der Waals surface area contributed by atoms with E-state index in [9.17, 15) is 9.59 Å². The van der Waals surface area contributed by atoms with Gasteiger partial charge in [-0.3, -0.25) is 9.59 Å². The van der Waals surface area contributed by atoms with E-state index in [2.05, 4.69) is 19.9 Å². The van der Waals surface area contributed by atoms with Gasteiger partial charge in [0.05, 0.1) is 16.7 Å². The van der Waals surface area contributed by atoms with Crippen LogP contribution in [-0.4, -0.2) is 19.9 Å². The van der Waals surface area contributed by atoms with Crippen LogP contribution in [0.3, 0.4) is 0 Å². The third-order valence-electron chi connectivity index (χ3n) is 3.29. The first-order chi connectivity index (χ1) is 11.2. The third-order valence-corrected chi connectivity index (χ3v) is 4.17. The van der Waals surface area contributed by atoms with Gasteiger partial charge in [0, 0.05) is 11.8 Å². The molecular formula is C16H16N4O2S. The van der Waals surface area contributed by atoms with Crippen molar-refractivity contribution in [3.05, 3.63) is 62.6 Å². The van der Waals surface area contributed by atoms with Crippen molar-refractivity contribution in [3.63, 3.8) is 0 Å². The molecule has 3 aromatic rings. The predicted octanol–water partition coefficient (Wildman–Crippen LogP) is 2.25. The second-order valence-electron chi connectivity index (χ2n) is 5.11. The molecule has 2 heterocycles. The third kappa shape index (κ3) is 3.68. The average molecular weight is 328 g/mol. The lowest BCUT2D eigenvalue weighted by Gasteiger charge is -2.04. The number of hydrogen-bond donors (Lipinski definition) is 2. The quantitative estimate of drug-likeness (QED) is 0.554. The van der Waals surface area contributed by atoms with Gasteiger partial charge in [0.25, 0.3) is 11.1 Å². The van der Waals surface area contributed by atoms with Crippen LogP contribution >= 0.6 is 11.8 Å². The van der Waals surface area contributed by atoms with Crippen LogP contribution in [0.1, 0.15) is 24.9 Å². The van der Waals surface area contributed by atoms with Crippen molar-refractivity contribution in [2.75, 3.05) is 0 Å². The normalized spacial score (nSPS) is 11.0. The highest BCUT2D eigenvalue weighted by molar-refractivity contribution is 7.98. The number of fused-ring (bicyclic) bond motifs is 1. The lowest BCUT2D eigenvalue weighted by molar-refractivity contribution is 0.815. The number of para-hydroxylation sites is 1. The fourth-order valence-electron chi connectivity index (χ4n) is 2.28. The minimum Gasteiger partial charge on any atom is -0.309 e. The van der Waals surface area contributed by atoms with Crippen molar-refractivity contribution in [2.24, 2.45) is 0 Å². The van der Waals surface area contributed by atoms with Crippen molar-refractivity contribution in [1.82, 2.24) is 19.9 Å². The minimum absolute atomic E-state index is 0.160. The number of nitrogens with one attached hydrogen (secondary N) is 2. The maximum absolute atomic E-state index is 12.0. The maximum Gasteiger partial charge on any atom is 0.258 e. The van der Waals surface area contributed by atoms with Gasteiger partial charge >= 0.3 is 0 Å². The van der Waals surface area contributed by atoms with Gasteiger partial charge in [-0.25, -0.2) is 9.97 Å². The van der Waals surface area contributed by atoms with Crippen LogP contribution in [0.4, 0.5) is 0 Å². The monoisotopic (exact) mass is 328 g/mol. The summed E-state index contributed by atoms with van der Waals surface area (Å²) in [6.07, 6.45) is 1.70. The molecular weight excluding hydrogens is 312 g/mol. The first kappa shape index (κ1) is 15.5. The summed E-state index contributed by atoms with van der Waals surface area (Å²) in [6, 6.07) is 8.72. The molecule has 3 rings (SSSR count). The molecule has 0 amide bonds. The van der Waals surface area contributed by atoms with E-state index in [4.69, 9.17) is 0 Å². The van der Waals surface area contributed by atoms with Crippen molar-refractivity contribution in [3.8, 4) is 0 Å². The fourth-order valence-corrected chi connectivity index (χ4v) is 3.04. The highest BCUT2D eigenvalue weighted by Gasteiger charge is 2.06. The summed E-state index contributed by atoms with van der Waals surface area (Å²) in [4.78, 5) is 38.0. The van der Waals surface area contributed by atoms with Crippen LogP contribution in [-0.2, 0) is 12.2 Å². The van der Waals surface area contributed by atoms with Crippen LogP contribution in [0.5, 0.6) is 0 Å². The standard InChI is InChI=1S/C16H16N4O2S/c1-2-5-10-8-14(21)20-16(17-10)23-9-13-18-12-7-4-3-6-11(12)15(22)19-13/h3-4,6-8H,2,5,9H2,1H3,(H,17,20,21)(H,18,19,22). The number of hydrogen-bond acceptors (Lipinski definition) is 5. The summed E-state index contributed by atoms with van der Waals surface area (Å²) in [5, 5.41) is 1.11.